The maximum absolute atomic E-state index is 12.1. The molecule has 1 aromatic heterocycles. The van der Waals surface area contributed by atoms with Gasteiger partial charge in [0.25, 0.3) is 5.56 Å². The molecule has 1 fully saturated rings. The number of aromatic nitrogens is 2. The van der Waals surface area contributed by atoms with E-state index < -0.39 is 5.60 Å². The summed E-state index contributed by atoms with van der Waals surface area (Å²) in [6, 6.07) is 0. The summed E-state index contributed by atoms with van der Waals surface area (Å²) in [7, 11) is 0. The number of nitrogens with one attached hydrogen (secondary N) is 1. The Morgan fingerprint density at radius 2 is 2.10 bits per heavy atom. The third-order valence-corrected chi connectivity index (χ3v) is 3.97. The van der Waals surface area contributed by atoms with Gasteiger partial charge in [-0.2, -0.15) is 0 Å². The second kappa shape index (κ2) is 5.97. The van der Waals surface area contributed by atoms with E-state index in [-0.39, 0.29) is 17.9 Å². The monoisotopic (exact) mass is 293 g/mol. The van der Waals surface area contributed by atoms with Crippen molar-refractivity contribution in [3.8, 4) is 0 Å². The van der Waals surface area contributed by atoms with Crippen LogP contribution < -0.4 is 5.56 Å². The van der Waals surface area contributed by atoms with Crippen LogP contribution in [0.3, 0.4) is 0 Å². The third-order valence-electron chi connectivity index (χ3n) is 3.97. The Morgan fingerprint density at radius 1 is 1.43 bits per heavy atom. The highest BCUT2D eigenvalue weighted by molar-refractivity contribution is 5.77. The maximum Gasteiger partial charge on any atom is 0.254 e. The molecule has 2 rings (SSSR count). The van der Waals surface area contributed by atoms with Gasteiger partial charge in [0.05, 0.1) is 18.7 Å². The fourth-order valence-electron chi connectivity index (χ4n) is 2.90. The van der Waals surface area contributed by atoms with Crippen molar-refractivity contribution in [3.63, 3.8) is 0 Å². The van der Waals surface area contributed by atoms with Crippen LogP contribution in [0.1, 0.15) is 43.3 Å². The van der Waals surface area contributed by atoms with Crippen LogP contribution in [0, 0.1) is 13.8 Å². The molecule has 2 heterocycles. The van der Waals surface area contributed by atoms with Crippen molar-refractivity contribution in [2.75, 3.05) is 13.1 Å². The Bertz CT molecular complexity index is 588. The number of carbonyl (C=O) groups is 1. The van der Waals surface area contributed by atoms with Gasteiger partial charge >= 0.3 is 0 Å². The van der Waals surface area contributed by atoms with Crippen molar-refractivity contribution in [2.24, 2.45) is 0 Å². The van der Waals surface area contributed by atoms with E-state index in [1.165, 1.54) is 0 Å². The van der Waals surface area contributed by atoms with Crippen LogP contribution in [0.25, 0.3) is 0 Å². The average Bonchev–Trinajstić information content (AvgIpc) is 2.34. The molecule has 1 amide bonds. The second-order valence-corrected chi connectivity index (χ2v) is 5.94. The molecule has 0 bridgehead atoms. The van der Waals surface area contributed by atoms with Gasteiger partial charge in [-0.05, 0) is 26.7 Å². The summed E-state index contributed by atoms with van der Waals surface area (Å²) in [5.74, 6) is 0.565. The number of amides is 1. The summed E-state index contributed by atoms with van der Waals surface area (Å²) in [6.45, 7) is 6.34. The first kappa shape index (κ1) is 15.7. The highest BCUT2D eigenvalue weighted by atomic mass is 16.3. The van der Waals surface area contributed by atoms with Crippen LogP contribution >= 0.6 is 0 Å². The molecular formula is C15H23N3O3. The summed E-state index contributed by atoms with van der Waals surface area (Å²) in [4.78, 5) is 32.4. The summed E-state index contributed by atoms with van der Waals surface area (Å²) in [5.41, 5.74) is 0.371. The molecule has 0 spiro atoms. The number of nitrogens with zero attached hydrogens (tertiary/aromatic N) is 2. The lowest BCUT2D eigenvalue weighted by Gasteiger charge is -2.46. The molecule has 0 aliphatic carbocycles. The van der Waals surface area contributed by atoms with E-state index in [9.17, 15) is 14.7 Å². The fraction of sp³-hybridized carbons (Fsp3) is 0.667. The van der Waals surface area contributed by atoms with Crippen molar-refractivity contribution in [3.05, 3.63) is 27.4 Å². The zero-order valence-electron chi connectivity index (χ0n) is 12.9. The smallest absolute Gasteiger partial charge is 0.254 e. The Labute approximate surface area is 124 Å². The number of aliphatic hydroxyl groups is 1. The normalized spacial score (nSPS) is 16.7. The van der Waals surface area contributed by atoms with E-state index in [0.29, 0.717) is 36.6 Å². The lowest BCUT2D eigenvalue weighted by atomic mass is 9.89. The highest BCUT2D eigenvalue weighted by Gasteiger charge is 2.42. The van der Waals surface area contributed by atoms with Crippen LogP contribution in [-0.2, 0) is 11.2 Å². The van der Waals surface area contributed by atoms with E-state index in [4.69, 9.17) is 0 Å². The number of aryl methyl sites for hydroxylation is 2. The lowest BCUT2D eigenvalue weighted by Crippen LogP contribution is -2.63. The number of H-pyrrole nitrogens is 1. The second-order valence-electron chi connectivity index (χ2n) is 5.94. The van der Waals surface area contributed by atoms with E-state index in [1.807, 2.05) is 6.92 Å². The van der Waals surface area contributed by atoms with Crippen molar-refractivity contribution in [1.29, 1.82) is 0 Å². The Kier molecular flexibility index (Phi) is 4.46. The van der Waals surface area contributed by atoms with Crippen molar-refractivity contribution >= 4 is 5.91 Å². The number of hydrogen-bond donors (Lipinski definition) is 2. The summed E-state index contributed by atoms with van der Waals surface area (Å²) in [5, 5.41) is 10.1. The molecule has 1 aromatic rings. The molecule has 6 heteroatoms. The molecule has 116 valence electrons. The van der Waals surface area contributed by atoms with Gasteiger partial charge in [0.2, 0.25) is 5.91 Å². The van der Waals surface area contributed by atoms with Crippen molar-refractivity contribution in [2.45, 2.75) is 52.1 Å². The van der Waals surface area contributed by atoms with Gasteiger partial charge in [-0.25, -0.2) is 4.98 Å². The first-order valence-corrected chi connectivity index (χ1v) is 7.41. The minimum atomic E-state index is -0.705. The third kappa shape index (κ3) is 3.50. The summed E-state index contributed by atoms with van der Waals surface area (Å²) in [6.07, 6.45) is 2.28. The molecule has 2 N–H and O–H groups in total. The van der Waals surface area contributed by atoms with Crippen LogP contribution in [0.4, 0.5) is 0 Å². The van der Waals surface area contributed by atoms with Gasteiger partial charge in [-0.15, -0.1) is 0 Å². The minimum absolute atomic E-state index is 0.0184. The standard InChI is InChI=1S/C15H23N3O3/c1-4-7-15(21)8-18(9-15)13(19)6-5-12-10(2)16-11(3)17-14(12)20/h21H,4-9H2,1-3H3,(H,16,17,20). The molecule has 0 saturated carbocycles. The molecule has 0 aromatic carbocycles. The summed E-state index contributed by atoms with van der Waals surface area (Å²) >= 11 is 0. The van der Waals surface area contributed by atoms with Gasteiger partial charge in [-0.1, -0.05) is 13.3 Å². The van der Waals surface area contributed by atoms with E-state index in [0.717, 1.165) is 12.8 Å². The molecule has 0 radical (unpaired) electrons. The number of likely N-dealkylation sites (tertiary alicyclic amines) is 1. The van der Waals surface area contributed by atoms with Crippen LogP contribution in [0.5, 0.6) is 0 Å². The Balaban J connectivity index is 1.90. The van der Waals surface area contributed by atoms with Crippen molar-refractivity contribution < 1.29 is 9.90 Å². The molecule has 6 nitrogen and oxygen atoms in total. The quantitative estimate of drug-likeness (QED) is 0.836. The molecule has 0 unspecified atom stereocenters. The zero-order valence-corrected chi connectivity index (χ0v) is 12.9. The van der Waals surface area contributed by atoms with Gasteiger partial charge in [0.15, 0.2) is 0 Å². The van der Waals surface area contributed by atoms with E-state index in [2.05, 4.69) is 9.97 Å². The Morgan fingerprint density at radius 3 is 2.67 bits per heavy atom. The van der Waals surface area contributed by atoms with Gasteiger partial charge < -0.3 is 15.0 Å². The van der Waals surface area contributed by atoms with E-state index in [1.54, 1.807) is 18.7 Å². The van der Waals surface area contributed by atoms with Crippen LogP contribution in [-0.4, -0.2) is 44.6 Å². The van der Waals surface area contributed by atoms with Crippen LogP contribution in [0.2, 0.25) is 0 Å². The first-order valence-electron chi connectivity index (χ1n) is 7.41. The Hall–Kier alpha value is -1.69. The molecule has 0 atom stereocenters. The van der Waals surface area contributed by atoms with Gasteiger partial charge in [0, 0.05) is 17.7 Å². The molecule has 1 aliphatic rings. The highest BCUT2D eigenvalue weighted by Crippen LogP contribution is 2.26. The number of hydrogen-bond acceptors (Lipinski definition) is 4. The van der Waals surface area contributed by atoms with Crippen molar-refractivity contribution in [1.82, 2.24) is 14.9 Å². The number of carbonyl (C=O) groups excluding carboxylic acids is 1. The lowest BCUT2D eigenvalue weighted by molar-refractivity contribution is -0.156. The van der Waals surface area contributed by atoms with E-state index >= 15 is 0 Å². The van der Waals surface area contributed by atoms with Crippen LogP contribution in [0.15, 0.2) is 4.79 Å². The first-order chi connectivity index (χ1) is 9.84. The largest absolute Gasteiger partial charge is 0.386 e. The molecule has 1 aliphatic heterocycles. The van der Waals surface area contributed by atoms with Gasteiger partial charge in [0.1, 0.15) is 5.82 Å². The zero-order chi connectivity index (χ0) is 15.6. The topological polar surface area (TPSA) is 86.3 Å². The minimum Gasteiger partial charge on any atom is -0.386 e. The predicted octanol–water partition coefficient (Wildman–Crippen LogP) is 0.693. The SMILES string of the molecule is CCCC1(O)CN(C(=O)CCc2c(C)nc(C)[nH]c2=O)C1. The summed E-state index contributed by atoms with van der Waals surface area (Å²) < 4.78 is 0. The average molecular weight is 293 g/mol. The maximum atomic E-state index is 12.1. The number of β-amino-alcohol motifs (C(OH)–C–C–N with tert-alkyl or cyclic N) is 1. The number of rotatable bonds is 5. The molecular weight excluding hydrogens is 270 g/mol. The predicted molar refractivity (Wildman–Crippen MR) is 79.1 cm³/mol. The number of aromatic amines is 1. The fourth-order valence-corrected chi connectivity index (χ4v) is 2.90. The molecule has 1 saturated heterocycles. The molecule has 21 heavy (non-hydrogen) atoms. The van der Waals surface area contributed by atoms with Gasteiger partial charge in [-0.3, -0.25) is 9.59 Å².